The van der Waals surface area contributed by atoms with E-state index in [2.05, 4.69) is 20.7 Å². The highest BCUT2D eigenvalue weighted by Crippen LogP contribution is 2.06. The number of thiocarbonyl (C=S) groups is 1. The molecule has 0 aliphatic rings. The van der Waals surface area contributed by atoms with Crippen LogP contribution < -0.4 is 10.6 Å². The van der Waals surface area contributed by atoms with Gasteiger partial charge in [0.15, 0.2) is 5.11 Å². The standard InChI is InChI=1S/C14H18FN5OS/c1-21-7-3-6-16-14(22)18-13-17-10-20(19-13)9-11-4-2-5-12(15)8-11/h2,4-5,8,10H,3,6-7,9H2,1H3,(H2,16,18,19,22). The average molecular weight is 323 g/mol. The number of rotatable bonds is 7. The molecule has 1 aromatic carbocycles. The summed E-state index contributed by atoms with van der Waals surface area (Å²) in [5.74, 6) is 0.137. The normalized spacial score (nSPS) is 10.5. The quantitative estimate of drug-likeness (QED) is 0.598. The molecule has 0 saturated heterocycles. The molecule has 2 aromatic rings. The van der Waals surface area contributed by atoms with E-state index in [-0.39, 0.29) is 5.82 Å². The van der Waals surface area contributed by atoms with Gasteiger partial charge in [-0.25, -0.2) is 14.1 Å². The third-order valence-corrected chi connectivity index (χ3v) is 3.05. The minimum absolute atomic E-state index is 0.266. The first-order valence-electron chi connectivity index (χ1n) is 6.85. The second-order valence-corrected chi connectivity index (χ2v) is 5.03. The third-order valence-electron chi connectivity index (χ3n) is 2.81. The molecular weight excluding hydrogens is 305 g/mol. The molecule has 6 nitrogen and oxygen atoms in total. The molecule has 0 aliphatic carbocycles. The Kier molecular flexibility index (Phi) is 6.23. The SMILES string of the molecule is COCCCNC(=S)Nc1ncn(Cc2cccc(F)c2)n1. The Morgan fingerprint density at radius 2 is 2.32 bits per heavy atom. The lowest BCUT2D eigenvalue weighted by Gasteiger charge is -2.07. The van der Waals surface area contributed by atoms with Gasteiger partial charge in [0.25, 0.3) is 0 Å². The van der Waals surface area contributed by atoms with E-state index in [0.717, 1.165) is 12.0 Å². The van der Waals surface area contributed by atoms with Crippen molar-refractivity contribution in [2.75, 3.05) is 25.6 Å². The molecule has 0 amide bonds. The third kappa shape index (κ3) is 5.38. The Bertz CT molecular complexity index is 619. The smallest absolute Gasteiger partial charge is 0.248 e. The molecule has 2 rings (SSSR count). The molecule has 0 radical (unpaired) electrons. The minimum atomic E-state index is -0.266. The monoisotopic (exact) mass is 323 g/mol. The topological polar surface area (TPSA) is 64.0 Å². The van der Waals surface area contributed by atoms with E-state index in [9.17, 15) is 4.39 Å². The van der Waals surface area contributed by atoms with Gasteiger partial charge in [-0.05, 0) is 36.3 Å². The van der Waals surface area contributed by atoms with E-state index in [1.165, 1.54) is 12.1 Å². The second-order valence-electron chi connectivity index (χ2n) is 4.62. The van der Waals surface area contributed by atoms with Gasteiger partial charge in [0.1, 0.15) is 12.1 Å². The van der Waals surface area contributed by atoms with Crippen molar-refractivity contribution in [3.05, 3.63) is 42.0 Å². The van der Waals surface area contributed by atoms with Crippen molar-refractivity contribution in [1.82, 2.24) is 20.1 Å². The van der Waals surface area contributed by atoms with E-state index in [4.69, 9.17) is 17.0 Å². The van der Waals surface area contributed by atoms with Gasteiger partial charge >= 0.3 is 0 Å². The fourth-order valence-corrected chi connectivity index (χ4v) is 2.01. The first-order chi connectivity index (χ1) is 10.7. The number of aromatic nitrogens is 3. The summed E-state index contributed by atoms with van der Waals surface area (Å²) in [6.45, 7) is 1.83. The fraction of sp³-hybridized carbons (Fsp3) is 0.357. The highest BCUT2D eigenvalue weighted by Gasteiger charge is 2.04. The molecule has 0 saturated carbocycles. The van der Waals surface area contributed by atoms with Gasteiger partial charge in [-0.3, -0.25) is 5.32 Å². The maximum atomic E-state index is 13.1. The number of methoxy groups -OCH3 is 1. The maximum Gasteiger partial charge on any atom is 0.248 e. The number of hydrogen-bond acceptors (Lipinski definition) is 4. The van der Waals surface area contributed by atoms with Crippen molar-refractivity contribution in [1.29, 1.82) is 0 Å². The van der Waals surface area contributed by atoms with Gasteiger partial charge in [0.2, 0.25) is 5.95 Å². The summed E-state index contributed by atoms with van der Waals surface area (Å²) in [7, 11) is 1.66. The Morgan fingerprint density at radius 3 is 3.09 bits per heavy atom. The number of nitrogens with zero attached hydrogens (tertiary/aromatic N) is 3. The number of halogens is 1. The maximum absolute atomic E-state index is 13.1. The fourth-order valence-electron chi connectivity index (χ4n) is 1.81. The minimum Gasteiger partial charge on any atom is -0.385 e. The van der Waals surface area contributed by atoms with Crippen LogP contribution in [0.2, 0.25) is 0 Å². The van der Waals surface area contributed by atoms with Gasteiger partial charge in [0.05, 0.1) is 6.54 Å². The Labute approximate surface area is 133 Å². The molecule has 1 heterocycles. The first kappa shape index (κ1) is 16.3. The highest BCUT2D eigenvalue weighted by molar-refractivity contribution is 7.80. The summed E-state index contributed by atoms with van der Waals surface area (Å²) in [5, 5.41) is 10.6. The Balaban J connectivity index is 1.82. The number of ether oxygens (including phenoxy) is 1. The summed E-state index contributed by atoms with van der Waals surface area (Å²) in [6, 6.07) is 6.38. The van der Waals surface area contributed by atoms with Gasteiger partial charge < -0.3 is 10.1 Å². The molecule has 0 fully saturated rings. The number of benzene rings is 1. The molecule has 2 N–H and O–H groups in total. The molecule has 0 aliphatic heterocycles. The summed E-state index contributed by atoms with van der Waals surface area (Å²) >= 11 is 5.14. The molecule has 22 heavy (non-hydrogen) atoms. The van der Waals surface area contributed by atoms with Crippen molar-refractivity contribution in [3.8, 4) is 0 Å². The Hall–Kier alpha value is -2.06. The van der Waals surface area contributed by atoms with Gasteiger partial charge in [-0.1, -0.05) is 12.1 Å². The van der Waals surface area contributed by atoms with Crippen LogP contribution >= 0.6 is 12.2 Å². The van der Waals surface area contributed by atoms with E-state index in [0.29, 0.717) is 30.8 Å². The van der Waals surface area contributed by atoms with E-state index >= 15 is 0 Å². The van der Waals surface area contributed by atoms with E-state index in [1.807, 2.05) is 6.07 Å². The summed E-state index contributed by atoms with van der Waals surface area (Å²) in [4.78, 5) is 4.11. The number of hydrogen-bond donors (Lipinski definition) is 2. The second kappa shape index (κ2) is 8.40. The Morgan fingerprint density at radius 1 is 1.45 bits per heavy atom. The molecule has 8 heteroatoms. The predicted molar refractivity (Wildman–Crippen MR) is 86.2 cm³/mol. The van der Waals surface area contributed by atoms with Crippen molar-refractivity contribution in [2.24, 2.45) is 0 Å². The summed E-state index contributed by atoms with van der Waals surface area (Å²) in [5.41, 5.74) is 0.816. The zero-order chi connectivity index (χ0) is 15.8. The zero-order valence-corrected chi connectivity index (χ0v) is 13.1. The molecule has 0 atom stereocenters. The summed E-state index contributed by atoms with van der Waals surface area (Å²) < 4.78 is 19.7. The van der Waals surface area contributed by atoms with Gasteiger partial charge in [-0.2, -0.15) is 0 Å². The lowest BCUT2D eigenvalue weighted by molar-refractivity contribution is 0.196. The van der Waals surface area contributed by atoms with Crippen LogP contribution in [0.5, 0.6) is 0 Å². The van der Waals surface area contributed by atoms with Crippen LogP contribution in [-0.2, 0) is 11.3 Å². The van der Waals surface area contributed by atoms with Crippen molar-refractivity contribution in [3.63, 3.8) is 0 Å². The predicted octanol–water partition coefficient (Wildman–Crippen LogP) is 1.79. The van der Waals surface area contributed by atoms with Crippen LogP contribution in [0.4, 0.5) is 10.3 Å². The molecule has 0 bridgehead atoms. The zero-order valence-electron chi connectivity index (χ0n) is 12.3. The summed E-state index contributed by atoms with van der Waals surface area (Å²) in [6.07, 6.45) is 2.43. The molecule has 118 valence electrons. The van der Waals surface area contributed by atoms with Crippen LogP contribution in [0.3, 0.4) is 0 Å². The molecular formula is C14H18FN5OS. The van der Waals surface area contributed by atoms with Crippen molar-refractivity contribution >= 4 is 23.3 Å². The van der Waals surface area contributed by atoms with Crippen LogP contribution in [0.1, 0.15) is 12.0 Å². The largest absolute Gasteiger partial charge is 0.385 e. The van der Waals surface area contributed by atoms with Crippen LogP contribution in [0.25, 0.3) is 0 Å². The van der Waals surface area contributed by atoms with E-state index < -0.39 is 0 Å². The lowest BCUT2D eigenvalue weighted by Crippen LogP contribution is -2.30. The van der Waals surface area contributed by atoms with Crippen LogP contribution in [0, 0.1) is 5.82 Å². The van der Waals surface area contributed by atoms with Gasteiger partial charge in [0, 0.05) is 20.3 Å². The van der Waals surface area contributed by atoms with Crippen molar-refractivity contribution in [2.45, 2.75) is 13.0 Å². The average Bonchev–Trinajstić information content (AvgIpc) is 2.91. The van der Waals surface area contributed by atoms with Crippen LogP contribution in [0.15, 0.2) is 30.6 Å². The van der Waals surface area contributed by atoms with Crippen LogP contribution in [-0.4, -0.2) is 40.1 Å². The van der Waals surface area contributed by atoms with Crippen molar-refractivity contribution < 1.29 is 9.13 Å². The van der Waals surface area contributed by atoms with E-state index in [1.54, 1.807) is 24.2 Å². The highest BCUT2D eigenvalue weighted by atomic mass is 32.1. The molecule has 0 spiro atoms. The first-order valence-corrected chi connectivity index (χ1v) is 7.26. The molecule has 1 aromatic heterocycles. The number of nitrogens with one attached hydrogen (secondary N) is 2. The van der Waals surface area contributed by atoms with Gasteiger partial charge in [-0.15, -0.1) is 5.10 Å². The molecule has 0 unspecified atom stereocenters. The number of anilines is 1. The lowest BCUT2D eigenvalue weighted by atomic mass is 10.2.